The molecular formula is C21H22F3N3O2. The molecule has 8 heteroatoms. The highest BCUT2D eigenvalue weighted by Gasteiger charge is 2.30. The molecule has 1 unspecified atom stereocenters. The summed E-state index contributed by atoms with van der Waals surface area (Å²) < 4.78 is 37.9. The molecule has 2 aromatic rings. The van der Waals surface area contributed by atoms with E-state index in [4.69, 9.17) is 0 Å². The summed E-state index contributed by atoms with van der Waals surface area (Å²) in [6.07, 6.45) is -0.802. The van der Waals surface area contributed by atoms with Crippen molar-refractivity contribution in [3.05, 3.63) is 65.0 Å². The van der Waals surface area contributed by atoms with Gasteiger partial charge in [0.05, 0.1) is 17.4 Å². The summed E-state index contributed by atoms with van der Waals surface area (Å²) in [6, 6.07) is 5.89. The average molecular weight is 405 g/mol. The molecule has 0 aliphatic carbocycles. The van der Waals surface area contributed by atoms with Gasteiger partial charge in [0.1, 0.15) is 0 Å². The predicted molar refractivity (Wildman–Crippen MR) is 104 cm³/mol. The van der Waals surface area contributed by atoms with Gasteiger partial charge >= 0.3 is 12.2 Å². The molecule has 2 amide bonds. The highest BCUT2D eigenvalue weighted by molar-refractivity contribution is 5.90. The number of amides is 2. The number of hydrogen-bond acceptors (Lipinski definition) is 3. The first kappa shape index (κ1) is 20.9. The zero-order chi connectivity index (χ0) is 21.2. The molecule has 0 fully saturated rings. The second-order valence-electron chi connectivity index (χ2n) is 7.04. The van der Waals surface area contributed by atoms with E-state index in [1.807, 2.05) is 19.1 Å². The van der Waals surface area contributed by atoms with Crippen LogP contribution in [0.1, 0.15) is 41.8 Å². The fourth-order valence-corrected chi connectivity index (χ4v) is 3.17. The van der Waals surface area contributed by atoms with E-state index in [2.05, 4.69) is 10.3 Å². The molecule has 0 spiro atoms. The molecule has 0 saturated heterocycles. The third-order valence-corrected chi connectivity index (χ3v) is 4.85. The van der Waals surface area contributed by atoms with Gasteiger partial charge in [-0.3, -0.25) is 4.98 Å². The van der Waals surface area contributed by atoms with Crippen LogP contribution in [0.2, 0.25) is 0 Å². The molecule has 0 saturated carbocycles. The van der Waals surface area contributed by atoms with E-state index in [1.54, 1.807) is 18.0 Å². The number of aliphatic hydroxyl groups excluding tert-OH is 1. The van der Waals surface area contributed by atoms with Crippen LogP contribution in [0.5, 0.6) is 0 Å². The third kappa shape index (κ3) is 4.95. The van der Waals surface area contributed by atoms with Crippen LogP contribution in [0, 0.1) is 6.92 Å². The summed E-state index contributed by atoms with van der Waals surface area (Å²) in [5.74, 6) is 0. The Hall–Kier alpha value is -2.87. The quantitative estimate of drug-likeness (QED) is 0.772. The smallest absolute Gasteiger partial charge is 0.389 e. The lowest BCUT2D eigenvalue weighted by Gasteiger charge is -2.27. The van der Waals surface area contributed by atoms with Gasteiger partial charge in [0.25, 0.3) is 0 Å². The Labute approximate surface area is 166 Å². The van der Waals surface area contributed by atoms with Crippen LogP contribution in [-0.4, -0.2) is 34.1 Å². The van der Waals surface area contributed by atoms with E-state index in [-0.39, 0.29) is 6.03 Å². The summed E-state index contributed by atoms with van der Waals surface area (Å²) in [6.45, 7) is 4.46. The number of aryl methyl sites for hydroxylation is 1. The first-order valence-electron chi connectivity index (χ1n) is 9.22. The number of aromatic nitrogens is 1. The Kier molecular flexibility index (Phi) is 5.93. The highest BCUT2D eigenvalue weighted by atomic mass is 19.4. The molecule has 1 aliphatic rings. The zero-order valence-corrected chi connectivity index (χ0v) is 16.1. The molecule has 0 bridgehead atoms. The number of nitrogens with one attached hydrogen (secondary N) is 1. The van der Waals surface area contributed by atoms with E-state index in [9.17, 15) is 23.1 Å². The summed E-state index contributed by atoms with van der Waals surface area (Å²) in [5, 5.41) is 12.3. The van der Waals surface area contributed by atoms with Crippen molar-refractivity contribution in [1.82, 2.24) is 9.88 Å². The molecule has 2 N–H and O–H groups in total. The Morgan fingerprint density at radius 1 is 1.28 bits per heavy atom. The number of benzene rings is 1. The van der Waals surface area contributed by atoms with Crippen LogP contribution in [-0.2, 0) is 6.18 Å². The molecule has 1 aromatic carbocycles. The van der Waals surface area contributed by atoms with Crippen molar-refractivity contribution in [2.24, 2.45) is 0 Å². The molecule has 29 heavy (non-hydrogen) atoms. The average Bonchev–Trinajstić information content (AvgIpc) is 2.67. The highest BCUT2D eigenvalue weighted by Crippen LogP contribution is 2.30. The predicted octanol–water partition coefficient (Wildman–Crippen LogP) is 4.78. The summed E-state index contributed by atoms with van der Waals surface area (Å²) in [5.41, 5.74) is 3.13. The maximum atomic E-state index is 12.6. The number of carbonyl (C=O) groups excluding carboxylic acids is 1. The number of urea groups is 1. The van der Waals surface area contributed by atoms with Crippen molar-refractivity contribution >= 4 is 17.3 Å². The number of aliphatic hydroxyl groups is 1. The lowest BCUT2D eigenvalue weighted by molar-refractivity contribution is -0.137. The molecule has 3 rings (SSSR count). The minimum Gasteiger partial charge on any atom is -0.389 e. The first-order valence-corrected chi connectivity index (χ1v) is 9.22. The minimum absolute atomic E-state index is 0.309. The first-order chi connectivity index (χ1) is 13.6. The molecule has 1 aromatic heterocycles. The van der Waals surface area contributed by atoms with Gasteiger partial charge in [0.15, 0.2) is 0 Å². The summed E-state index contributed by atoms with van der Waals surface area (Å²) in [4.78, 5) is 18.4. The number of halogens is 3. The van der Waals surface area contributed by atoms with Gasteiger partial charge in [-0.05, 0) is 67.3 Å². The minimum atomic E-state index is -4.41. The van der Waals surface area contributed by atoms with Gasteiger partial charge in [-0.2, -0.15) is 13.2 Å². The molecule has 1 atom stereocenters. The molecular weight excluding hydrogens is 383 g/mol. The van der Waals surface area contributed by atoms with Crippen LogP contribution in [0.4, 0.5) is 23.7 Å². The van der Waals surface area contributed by atoms with Crippen LogP contribution < -0.4 is 5.32 Å². The Bertz CT molecular complexity index is 922. The SMILES string of the molecule is Cc1cc(C(C)O)cnc1C1=CCN(C(=O)Nc2ccc(C(F)(F)F)cc2)CC1. The number of hydrogen-bond donors (Lipinski definition) is 2. The summed E-state index contributed by atoms with van der Waals surface area (Å²) >= 11 is 0. The van der Waals surface area contributed by atoms with E-state index in [0.29, 0.717) is 25.2 Å². The molecule has 2 heterocycles. The molecule has 154 valence electrons. The van der Waals surface area contributed by atoms with Gasteiger partial charge in [0, 0.05) is 25.0 Å². The number of pyridine rings is 1. The summed E-state index contributed by atoms with van der Waals surface area (Å²) in [7, 11) is 0. The second-order valence-corrected chi connectivity index (χ2v) is 7.04. The maximum absolute atomic E-state index is 12.6. The molecule has 1 aliphatic heterocycles. The topological polar surface area (TPSA) is 65.5 Å². The lowest BCUT2D eigenvalue weighted by Crippen LogP contribution is -2.38. The second kappa shape index (κ2) is 8.24. The van der Waals surface area contributed by atoms with Crippen LogP contribution in [0.25, 0.3) is 5.57 Å². The Morgan fingerprint density at radius 3 is 2.48 bits per heavy atom. The van der Waals surface area contributed by atoms with Crippen LogP contribution in [0.15, 0.2) is 42.6 Å². The standard InChI is InChI=1S/C21H22F3N3O2/c1-13-11-16(14(2)28)12-25-19(13)15-7-9-27(10-8-15)20(29)26-18-5-3-17(4-6-18)21(22,23)24/h3-7,11-12,14,28H,8-10H2,1-2H3,(H,26,29). The zero-order valence-electron chi connectivity index (χ0n) is 16.1. The van der Waals surface area contributed by atoms with E-state index in [0.717, 1.165) is 34.5 Å². The maximum Gasteiger partial charge on any atom is 0.416 e. The van der Waals surface area contributed by atoms with Crippen molar-refractivity contribution in [2.75, 3.05) is 18.4 Å². The van der Waals surface area contributed by atoms with Gasteiger partial charge in [-0.15, -0.1) is 0 Å². The van der Waals surface area contributed by atoms with E-state index >= 15 is 0 Å². The van der Waals surface area contributed by atoms with Gasteiger partial charge in [-0.25, -0.2) is 4.79 Å². The number of anilines is 1. The van der Waals surface area contributed by atoms with Gasteiger partial charge < -0.3 is 15.3 Å². The fraction of sp³-hybridized carbons (Fsp3) is 0.333. The van der Waals surface area contributed by atoms with Crippen molar-refractivity contribution in [3.63, 3.8) is 0 Å². The van der Waals surface area contributed by atoms with Crippen molar-refractivity contribution in [1.29, 1.82) is 0 Å². The molecule has 0 radical (unpaired) electrons. The normalized spacial score (nSPS) is 15.7. The van der Waals surface area contributed by atoms with E-state index < -0.39 is 17.8 Å². The van der Waals surface area contributed by atoms with Crippen molar-refractivity contribution < 1.29 is 23.1 Å². The monoisotopic (exact) mass is 405 g/mol. The van der Waals surface area contributed by atoms with Crippen molar-refractivity contribution in [3.8, 4) is 0 Å². The Morgan fingerprint density at radius 2 is 1.97 bits per heavy atom. The van der Waals surface area contributed by atoms with E-state index in [1.165, 1.54) is 12.1 Å². The number of alkyl halides is 3. The Balaban J connectivity index is 1.64. The van der Waals surface area contributed by atoms with Crippen molar-refractivity contribution in [2.45, 2.75) is 32.5 Å². The largest absolute Gasteiger partial charge is 0.416 e. The number of carbonyl (C=O) groups is 1. The fourth-order valence-electron chi connectivity index (χ4n) is 3.17. The van der Waals surface area contributed by atoms with Gasteiger partial charge in [0.2, 0.25) is 0 Å². The number of rotatable bonds is 3. The van der Waals surface area contributed by atoms with Gasteiger partial charge in [-0.1, -0.05) is 6.08 Å². The molecule has 5 nitrogen and oxygen atoms in total. The third-order valence-electron chi connectivity index (χ3n) is 4.85. The van der Waals surface area contributed by atoms with Crippen LogP contribution >= 0.6 is 0 Å². The number of nitrogens with zero attached hydrogens (tertiary/aromatic N) is 2. The lowest BCUT2D eigenvalue weighted by atomic mass is 9.99. The van der Waals surface area contributed by atoms with Crippen LogP contribution in [0.3, 0.4) is 0 Å².